The number of hydrogen-bond donors (Lipinski definition) is 3. The van der Waals surface area contributed by atoms with Crippen LogP contribution in [0, 0.1) is 0 Å². The van der Waals surface area contributed by atoms with Gasteiger partial charge in [0.1, 0.15) is 0 Å². The topological polar surface area (TPSA) is 73.5 Å². The Bertz CT molecular complexity index is 1230. The predicted molar refractivity (Wildman–Crippen MR) is 143 cm³/mol. The largest absolute Gasteiger partial charge is 0.354 e. The van der Waals surface area contributed by atoms with Crippen LogP contribution in [0.15, 0.2) is 72.8 Å². The smallest absolute Gasteiger partial charge is 0.258 e. The van der Waals surface area contributed by atoms with Crippen LogP contribution in [-0.4, -0.2) is 37.4 Å². The number of nitrogens with one attached hydrogen (secondary N) is 3. The highest BCUT2D eigenvalue weighted by molar-refractivity contribution is 6.37. The van der Waals surface area contributed by atoms with Crippen molar-refractivity contribution in [3.8, 4) is 0 Å². The molecule has 4 rings (SSSR count). The predicted octanol–water partition coefficient (Wildman–Crippen LogP) is 5.21. The lowest BCUT2D eigenvalue weighted by molar-refractivity contribution is -0.110. The van der Waals surface area contributed by atoms with Crippen molar-refractivity contribution in [1.82, 2.24) is 10.2 Å². The van der Waals surface area contributed by atoms with Gasteiger partial charge in [-0.25, -0.2) is 0 Å². The van der Waals surface area contributed by atoms with E-state index in [-0.39, 0.29) is 11.8 Å². The van der Waals surface area contributed by atoms with E-state index in [1.165, 1.54) is 5.56 Å². The first-order chi connectivity index (χ1) is 17.0. The Morgan fingerprint density at radius 3 is 2.37 bits per heavy atom. The SMILES string of the molecule is CCCCNC(=O)c1ccc2c(c1)C(=C(Nc1ccc(CN(C)C)cc1)c1ccccc1)C(=O)N2. The number of rotatable bonds is 9. The molecule has 0 atom stereocenters. The van der Waals surface area contributed by atoms with Gasteiger partial charge in [-0.05, 0) is 62.0 Å². The minimum atomic E-state index is -0.195. The monoisotopic (exact) mass is 468 g/mol. The van der Waals surface area contributed by atoms with Gasteiger partial charge in [-0.15, -0.1) is 0 Å². The number of carbonyl (C=O) groups excluding carboxylic acids is 2. The Kier molecular flexibility index (Phi) is 7.63. The molecule has 1 aliphatic heterocycles. The second-order valence-corrected chi connectivity index (χ2v) is 9.00. The zero-order chi connectivity index (χ0) is 24.8. The number of hydrogen-bond acceptors (Lipinski definition) is 4. The summed E-state index contributed by atoms with van der Waals surface area (Å²) in [6.45, 7) is 3.57. The fourth-order valence-corrected chi connectivity index (χ4v) is 4.12. The van der Waals surface area contributed by atoms with Crippen LogP contribution in [0.4, 0.5) is 11.4 Å². The first-order valence-electron chi connectivity index (χ1n) is 12.0. The summed E-state index contributed by atoms with van der Waals surface area (Å²) in [4.78, 5) is 28.0. The van der Waals surface area contributed by atoms with E-state index in [1.807, 2.05) is 56.6 Å². The molecule has 6 heteroatoms. The molecule has 3 aromatic carbocycles. The van der Waals surface area contributed by atoms with Gasteiger partial charge in [0, 0.05) is 35.6 Å². The van der Waals surface area contributed by atoms with Crippen LogP contribution in [0.1, 0.15) is 46.8 Å². The first kappa shape index (κ1) is 24.2. The van der Waals surface area contributed by atoms with Gasteiger partial charge in [-0.2, -0.15) is 0 Å². The van der Waals surface area contributed by atoms with Gasteiger partial charge in [-0.3, -0.25) is 9.59 Å². The van der Waals surface area contributed by atoms with Gasteiger partial charge in [0.25, 0.3) is 11.8 Å². The highest BCUT2D eigenvalue weighted by atomic mass is 16.2. The summed E-state index contributed by atoms with van der Waals surface area (Å²) in [6.07, 6.45) is 1.94. The van der Waals surface area contributed by atoms with Crippen molar-refractivity contribution < 1.29 is 9.59 Å². The van der Waals surface area contributed by atoms with Crippen molar-refractivity contribution in [2.75, 3.05) is 31.3 Å². The minimum absolute atomic E-state index is 0.134. The standard InChI is InChI=1S/C29H32N4O2/c1-4-5-17-30-28(34)22-13-16-25-24(18-22)26(29(35)32-25)27(21-9-7-6-8-10-21)31-23-14-11-20(12-15-23)19-33(2)3/h6-16,18,31H,4-5,17,19H2,1-3H3,(H,30,34)(H,32,35). The Labute approximate surface area is 207 Å². The fourth-order valence-electron chi connectivity index (χ4n) is 4.12. The van der Waals surface area contributed by atoms with Gasteiger partial charge in [0.15, 0.2) is 0 Å². The molecule has 6 nitrogen and oxygen atoms in total. The van der Waals surface area contributed by atoms with Crippen molar-refractivity contribution in [3.05, 3.63) is 95.1 Å². The summed E-state index contributed by atoms with van der Waals surface area (Å²) < 4.78 is 0. The van der Waals surface area contributed by atoms with Crippen molar-refractivity contribution in [3.63, 3.8) is 0 Å². The number of carbonyl (C=O) groups is 2. The average Bonchev–Trinajstić information content (AvgIpc) is 3.18. The summed E-state index contributed by atoms with van der Waals surface area (Å²) in [5, 5.41) is 9.40. The number of amides is 2. The Hall–Kier alpha value is -3.90. The molecule has 0 spiro atoms. The highest BCUT2D eigenvalue weighted by Gasteiger charge is 2.29. The van der Waals surface area contributed by atoms with E-state index in [9.17, 15) is 9.59 Å². The molecule has 0 bridgehead atoms. The Morgan fingerprint density at radius 1 is 0.943 bits per heavy atom. The molecule has 3 aromatic rings. The summed E-state index contributed by atoms with van der Waals surface area (Å²) in [7, 11) is 4.08. The van der Waals surface area contributed by atoms with E-state index in [0.717, 1.165) is 30.6 Å². The maximum Gasteiger partial charge on any atom is 0.258 e. The maximum atomic E-state index is 13.2. The summed E-state index contributed by atoms with van der Waals surface area (Å²) in [5.41, 5.74) is 6.15. The van der Waals surface area contributed by atoms with Gasteiger partial charge < -0.3 is 20.9 Å². The Balaban J connectivity index is 1.74. The van der Waals surface area contributed by atoms with Gasteiger partial charge in [-0.1, -0.05) is 55.8 Å². The van der Waals surface area contributed by atoms with Crippen molar-refractivity contribution >= 4 is 34.5 Å². The minimum Gasteiger partial charge on any atom is -0.354 e. The van der Waals surface area contributed by atoms with Crippen LogP contribution in [-0.2, 0) is 11.3 Å². The van der Waals surface area contributed by atoms with Crippen molar-refractivity contribution in [1.29, 1.82) is 0 Å². The zero-order valence-corrected chi connectivity index (χ0v) is 20.5. The lowest BCUT2D eigenvalue weighted by atomic mass is 9.98. The van der Waals surface area contributed by atoms with Crippen LogP contribution >= 0.6 is 0 Å². The normalized spacial score (nSPS) is 13.9. The molecule has 1 heterocycles. The highest BCUT2D eigenvalue weighted by Crippen LogP contribution is 2.38. The van der Waals surface area contributed by atoms with E-state index < -0.39 is 0 Å². The van der Waals surface area contributed by atoms with Crippen LogP contribution in [0.5, 0.6) is 0 Å². The zero-order valence-electron chi connectivity index (χ0n) is 20.5. The number of fused-ring (bicyclic) bond motifs is 1. The molecule has 35 heavy (non-hydrogen) atoms. The van der Waals surface area contributed by atoms with Crippen LogP contribution < -0.4 is 16.0 Å². The van der Waals surface area contributed by atoms with E-state index >= 15 is 0 Å². The quantitative estimate of drug-likeness (QED) is 0.298. The lowest BCUT2D eigenvalue weighted by Gasteiger charge is -2.16. The van der Waals surface area contributed by atoms with Crippen molar-refractivity contribution in [2.45, 2.75) is 26.3 Å². The third kappa shape index (κ3) is 5.78. The molecule has 3 N–H and O–H groups in total. The molecule has 2 amide bonds. The van der Waals surface area contributed by atoms with Gasteiger partial charge >= 0.3 is 0 Å². The van der Waals surface area contributed by atoms with Gasteiger partial charge in [0.05, 0.1) is 11.3 Å². The molecule has 0 radical (unpaired) electrons. The molecular formula is C29H32N4O2. The summed E-state index contributed by atoms with van der Waals surface area (Å²) in [6, 6.07) is 23.3. The molecule has 0 aromatic heterocycles. The molecule has 1 aliphatic rings. The maximum absolute atomic E-state index is 13.2. The van der Waals surface area contributed by atoms with Crippen LogP contribution in [0.3, 0.4) is 0 Å². The fraction of sp³-hybridized carbons (Fsp3) is 0.241. The average molecular weight is 469 g/mol. The lowest BCUT2D eigenvalue weighted by Crippen LogP contribution is -2.24. The van der Waals surface area contributed by atoms with Crippen LogP contribution in [0.25, 0.3) is 11.3 Å². The number of unbranched alkanes of at least 4 members (excludes halogenated alkanes) is 1. The first-order valence-corrected chi connectivity index (χ1v) is 12.0. The Morgan fingerprint density at radius 2 is 1.69 bits per heavy atom. The number of nitrogens with zero attached hydrogens (tertiary/aromatic N) is 1. The molecule has 0 saturated carbocycles. The second-order valence-electron chi connectivity index (χ2n) is 9.00. The molecule has 0 fully saturated rings. The number of anilines is 2. The third-order valence-corrected chi connectivity index (χ3v) is 5.88. The second kappa shape index (κ2) is 11.0. The van der Waals surface area contributed by atoms with Crippen LogP contribution in [0.2, 0.25) is 0 Å². The molecular weight excluding hydrogens is 436 g/mol. The summed E-state index contributed by atoms with van der Waals surface area (Å²) >= 11 is 0. The molecule has 180 valence electrons. The molecule has 0 saturated heterocycles. The number of benzene rings is 3. The van der Waals surface area contributed by atoms with E-state index in [1.54, 1.807) is 18.2 Å². The van der Waals surface area contributed by atoms with Gasteiger partial charge in [0.2, 0.25) is 0 Å². The summed E-state index contributed by atoms with van der Waals surface area (Å²) in [5.74, 6) is -0.329. The van der Waals surface area contributed by atoms with E-state index in [4.69, 9.17) is 0 Å². The van der Waals surface area contributed by atoms with E-state index in [2.05, 4.69) is 39.9 Å². The van der Waals surface area contributed by atoms with Crippen molar-refractivity contribution in [2.24, 2.45) is 0 Å². The van der Waals surface area contributed by atoms with E-state index in [0.29, 0.717) is 34.6 Å². The molecule has 0 unspecified atom stereocenters. The molecule has 0 aliphatic carbocycles. The third-order valence-electron chi connectivity index (χ3n) is 5.88.